The van der Waals surface area contributed by atoms with Crippen molar-refractivity contribution in [2.75, 3.05) is 6.79 Å². The highest BCUT2D eigenvalue weighted by molar-refractivity contribution is 4.37. The van der Waals surface area contributed by atoms with E-state index in [1.807, 2.05) is 13.8 Å². The second-order valence-corrected chi connectivity index (χ2v) is 1.72. The number of hydrogen-bond donors (Lipinski definition) is 0. The van der Waals surface area contributed by atoms with E-state index < -0.39 is 0 Å². The van der Waals surface area contributed by atoms with E-state index in [0.29, 0.717) is 6.79 Å². The zero-order chi connectivity index (χ0) is 5.98. The van der Waals surface area contributed by atoms with Crippen molar-refractivity contribution >= 4 is 0 Å². The monoisotopic (exact) mass is 118 g/mol. The van der Waals surface area contributed by atoms with Crippen LogP contribution in [0.5, 0.6) is 0 Å². The molecule has 0 bridgehead atoms. The minimum absolute atomic E-state index is 0.112. The summed E-state index contributed by atoms with van der Waals surface area (Å²) in [5, 5.41) is 0. The first kappa shape index (κ1) is 6.01. The molecule has 1 heterocycles. The molecule has 2 atom stereocenters. The van der Waals surface area contributed by atoms with Gasteiger partial charge in [-0.25, -0.2) is 0 Å². The average molecular weight is 118 g/mol. The molecule has 3 heteroatoms. The lowest BCUT2D eigenvalue weighted by Gasteiger charge is -2.25. The van der Waals surface area contributed by atoms with Gasteiger partial charge in [-0.1, -0.05) is 0 Å². The fraction of sp³-hybridized carbons (Fsp3) is 1.00. The van der Waals surface area contributed by atoms with Gasteiger partial charge in [0.1, 0.15) is 0 Å². The Morgan fingerprint density at radius 2 is 1.62 bits per heavy atom. The Bertz CT molecular complexity index is 66.1. The van der Waals surface area contributed by atoms with E-state index in [0.717, 1.165) is 0 Å². The molecule has 1 rings (SSSR count). The van der Waals surface area contributed by atoms with Gasteiger partial charge in [0.05, 0.1) is 0 Å². The molecule has 8 heavy (non-hydrogen) atoms. The van der Waals surface area contributed by atoms with Crippen LogP contribution < -0.4 is 0 Å². The van der Waals surface area contributed by atoms with E-state index in [1.165, 1.54) is 0 Å². The third kappa shape index (κ3) is 1.43. The molecule has 1 saturated heterocycles. The molecule has 0 N–H and O–H groups in total. The normalized spacial score (nSPS) is 39.8. The van der Waals surface area contributed by atoms with Gasteiger partial charge in [0.2, 0.25) is 0 Å². The number of hydrogen-bond acceptors (Lipinski definition) is 3. The molecule has 1 fully saturated rings. The smallest absolute Gasteiger partial charge is 0.160 e. The van der Waals surface area contributed by atoms with Crippen LogP contribution in [0.3, 0.4) is 0 Å². The van der Waals surface area contributed by atoms with Gasteiger partial charge in [0, 0.05) is 0 Å². The van der Waals surface area contributed by atoms with Crippen molar-refractivity contribution in [3.05, 3.63) is 0 Å². The molecule has 1 aliphatic heterocycles. The summed E-state index contributed by atoms with van der Waals surface area (Å²) in [5.74, 6) is 0. The molecular formula is C5H10O3. The predicted molar refractivity (Wildman–Crippen MR) is 27.0 cm³/mol. The maximum absolute atomic E-state index is 5.04. The fourth-order valence-corrected chi connectivity index (χ4v) is 0.579. The topological polar surface area (TPSA) is 27.7 Å². The molecule has 0 spiro atoms. The van der Waals surface area contributed by atoms with Crippen molar-refractivity contribution in [1.82, 2.24) is 0 Å². The van der Waals surface area contributed by atoms with Gasteiger partial charge in [-0.05, 0) is 13.8 Å². The van der Waals surface area contributed by atoms with Gasteiger partial charge in [-0.2, -0.15) is 0 Å². The molecule has 3 nitrogen and oxygen atoms in total. The van der Waals surface area contributed by atoms with E-state index in [-0.39, 0.29) is 12.6 Å². The van der Waals surface area contributed by atoms with E-state index in [2.05, 4.69) is 0 Å². The van der Waals surface area contributed by atoms with E-state index >= 15 is 0 Å². The van der Waals surface area contributed by atoms with Crippen LogP contribution in [0.2, 0.25) is 0 Å². The van der Waals surface area contributed by atoms with Gasteiger partial charge in [-0.3, -0.25) is 0 Å². The van der Waals surface area contributed by atoms with Gasteiger partial charge in [-0.15, -0.1) is 0 Å². The molecule has 0 saturated carbocycles. The highest BCUT2D eigenvalue weighted by Gasteiger charge is 2.14. The molecule has 0 radical (unpaired) electrons. The summed E-state index contributed by atoms with van der Waals surface area (Å²) in [6.45, 7) is 4.04. The minimum atomic E-state index is -0.112. The average Bonchev–Trinajstić information content (AvgIpc) is 1.64. The first-order chi connectivity index (χ1) is 3.79. The maximum Gasteiger partial charge on any atom is 0.160 e. The minimum Gasteiger partial charge on any atom is -0.327 e. The Morgan fingerprint density at radius 1 is 1.12 bits per heavy atom. The largest absolute Gasteiger partial charge is 0.327 e. The summed E-state index contributed by atoms with van der Waals surface area (Å²) < 4.78 is 14.8. The lowest BCUT2D eigenvalue weighted by Crippen LogP contribution is -2.30. The summed E-state index contributed by atoms with van der Waals surface area (Å²) in [4.78, 5) is 0. The zero-order valence-electron chi connectivity index (χ0n) is 5.09. The van der Waals surface area contributed by atoms with Crippen LogP contribution in [0, 0.1) is 0 Å². The van der Waals surface area contributed by atoms with Crippen LogP contribution in [-0.2, 0) is 14.2 Å². The summed E-state index contributed by atoms with van der Waals surface area (Å²) in [7, 11) is 0. The Labute approximate surface area is 48.5 Å². The molecule has 48 valence electrons. The van der Waals surface area contributed by atoms with Gasteiger partial charge in [0.25, 0.3) is 0 Å². The van der Waals surface area contributed by atoms with Crippen LogP contribution in [0.25, 0.3) is 0 Å². The lowest BCUT2D eigenvalue weighted by molar-refractivity contribution is -0.331. The van der Waals surface area contributed by atoms with Crippen molar-refractivity contribution in [2.24, 2.45) is 0 Å². The first-order valence-electron chi connectivity index (χ1n) is 2.67. The predicted octanol–water partition coefficient (Wildman–Crippen LogP) is 0.699. The molecule has 0 aromatic rings. The SMILES string of the molecule is CC1OCOC(C)O1. The first-order valence-corrected chi connectivity index (χ1v) is 2.67. The summed E-state index contributed by atoms with van der Waals surface area (Å²) in [6.07, 6.45) is -0.225. The lowest BCUT2D eigenvalue weighted by atomic mass is 10.6. The quantitative estimate of drug-likeness (QED) is 0.468. The van der Waals surface area contributed by atoms with E-state index in [4.69, 9.17) is 14.2 Å². The van der Waals surface area contributed by atoms with Gasteiger partial charge >= 0.3 is 0 Å². The highest BCUT2D eigenvalue weighted by Crippen LogP contribution is 2.06. The third-order valence-corrected chi connectivity index (χ3v) is 0.989. The molecule has 2 unspecified atom stereocenters. The highest BCUT2D eigenvalue weighted by atomic mass is 16.9. The molecular weight excluding hydrogens is 108 g/mol. The Morgan fingerprint density at radius 3 is 1.88 bits per heavy atom. The molecule has 1 aliphatic rings. The fourth-order valence-electron chi connectivity index (χ4n) is 0.579. The summed E-state index contributed by atoms with van der Waals surface area (Å²) >= 11 is 0. The summed E-state index contributed by atoms with van der Waals surface area (Å²) in [5.41, 5.74) is 0. The van der Waals surface area contributed by atoms with Crippen LogP contribution in [-0.4, -0.2) is 19.4 Å². The second kappa shape index (κ2) is 2.44. The second-order valence-electron chi connectivity index (χ2n) is 1.72. The van der Waals surface area contributed by atoms with Crippen molar-refractivity contribution in [3.8, 4) is 0 Å². The van der Waals surface area contributed by atoms with Crippen molar-refractivity contribution < 1.29 is 14.2 Å². The molecule has 0 amide bonds. The summed E-state index contributed by atoms with van der Waals surface area (Å²) in [6, 6.07) is 0. The van der Waals surface area contributed by atoms with Crippen molar-refractivity contribution in [2.45, 2.75) is 26.4 Å². The van der Waals surface area contributed by atoms with Gasteiger partial charge < -0.3 is 14.2 Å². The van der Waals surface area contributed by atoms with Crippen molar-refractivity contribution in [3.63, 3.8) is 0 Å². The number of rotatable bonds is 0. The van der Waals surface area contributed by atoms with E-state index in [1.54, 1.807) is 0 Å². The van der Waals surface area contributed by atoms with Gasteiger partial charge in [0.15, 0.2) is 19.4 Å². The van der Waals surface area contributed by atoms with Crippen LogP contribution in [0.15, 0.2) is 0 Å². The zero-order valence-corrected chi connectivity index (χ0v) is 5.09. The molecule has 0 aromatic heterocycles. The number of ether oxygens (including phenoxy) is 3. The Kier molecular flexibility index (Phi) is 1.83. The van der Waals surface area contributed by atoms with Crippen LogP contribution >= 0.6 is 0 Å². The molecule has 0 aliphatic carbocycles. The van der Waals surface area contributed by atoms with Crippen LogP contribution in [0.1, 0.15) is 13.8 Å². The Balaban J connectivity index is 2.23. The molecule has 0 aromatic carbocycles. The maximum atomic E-state index is 5.04. The Hall–Kier alpha value is -0.120. The standard InChI is InChI=1S/C5H10O3/c1-4-6-3-7-5(2)8-4/h4-5H,3H2,1-2H3. The third-order valence-electron chi connectivity index (χ3n) is 0.989. The van der Waals surface area contributed by atoms with Crippen molar-refractivity contribution in [1.29, 1.82) is 0 Å². The van der Waals surface area contributed by atoms with E-state index in [9.17, 15) is 0 Å². The van der Waals surface area contributed by atoms with Crippen LogP contribution in [0.4, 0.5) is 0 Å².